The first-order chi connectivity index (χ1) is 11.2. The van der Waals surface area contributed by atoms with Gasteiger partial charge in [-0.15, -0.1) is 0 Å². The van der Waals surface area contributed by atoms with Crippen LogP contribution in [-0.4, -0.2) is 26.6 Å². The number of hydrogen-bond acceptors (Lipinski definition) is 4. The lowest BCUT2D eigenvalue weighted by molar-refractivity contribution is 0.613. The molecule has 0 N–H and O–H groups in total. The Bertz CT molecular complexity index is 799. The number of nitrogens with zero attached hydrogens (tertiary/aromatic N) is 5. The molecule has 0 saturated carbocycles. The van der Waals surface area contributed by atoms with Gasteiger partial charge in [0.1, 0.15) is 11.6 Å². The number of halogens is 1. The van der Waals surface area contributed by atoms with Crippen LogP contribution in [0.15, 0.2) is 36.8 Å². The second-order valence-corrected chi connectivity index (χ2v) is 5.64. The predicted molar refractivity (Wildman–Crippen MR) is 87.9 cm³/mol. The van der Waals surface area contributed by atoms with E-state index in [1.165, 1.54) is 6.20 Å². The zero-order valence-corrected chi connectivity index (χ0v) is 13.4. The average molecular weight is 313 g/mol. The van der Waals surface area contributed by atoms with Crippen LogP contribution in [0.1, 0.15) is 31.0 Å². The van der Waals surface area contributed by atoms with E-state index in [2.05, 4.69) is 22.0 Å². The molecule has 3 rings (SSSR count). The second-order valence-electron chi connectivity index (χ2n) is 5.64. The summed E-state index contributed by atoms with van der Waals surface area (Å²) >= 11 is 0. The number of pyridine rings is 1. The number of anilines is 1. The van der Waals surface area contributed by atoms with Gasteiger partial charge in [0.25, 0.3) is 0 Å². The third kappa shape index (κ3) is 3.47. The van der Waals surface area contributed by atoms with Crippen molar-refractivity contribution in [1.82, 2.24) is 19.6 Å². The molecule has 0 fully saturated rings. The van der Waals surface area contributed by atoms with Crippen LogP contribution in [-0.2, 0) is 13.0 Å². The van der Waals surface area contributed by atoms with E-state index in [-0.39, 0.29) is 5.82 Å². The van der Waals surface area contributed by atoms with Gasteiger partial charge in [-0.05, 0) is 30.5 Å². The number of aromatic nitrogens is 4. The Morgan fingerprint density at radius 1 is 1.30 bits per heavy atom. The summed E-state index contributed by atoms with van der Waals surface area (Å²) in [7, 11) is 1.95. The average Bonchev–Trinajstić information content (AvgIpc) is 3.01. The van der Waals surface area contributed by atoms with Crippen LogP contribution in [0.4, 0.5) is 10.2 Å². The predicted octanol–water partition coefficient (Wildman–Crippen LogP) is 3.24. The molecule has 6 heteroatoms. The quantitative estimate of drug-likeness (QED) is 0.701. The van der Waals surface area contributed by atoms with Crippen molar-refractivity contribution < 1.29 is 4.39 Å². The minimum absolute atomic E-state index is 0.298. The second kappa shape index (κ2) is 6.73. The van der Waals surface area contributed by atoms with Gasteiger partial charge in [-0.1, -0.05) is 13.3 Å². The van der Waals surface area contributed by atoms with Crippen LogP contribution in [0.3, 0.4) is 0 Å². The Hall–Kier alpha value is -2.50. The van der Waals surface area contributed by atoms with Crippen LogP contribution in [0.2, 0.25) is 0 Å². The molecule has 3 aromatic rings. The summed E-state index contributed by atoms with van der Waals surface area (Å²) in [5, 5.41) is 4.14. The van der Waals surface area contributed by atoms with Crippen molar-refractivity contribution in [1.29, 1.82) is 0 Å². The molecule has 0 radical (unpaired) electrons. The van der Waals surface area contributed by atoms with Crippen LogP contribution >= 0.6 is 0 Å². The van der Waals surface area contributed by atoms with Crippen molar-refractivity contribution in [2.24, 2.45) is 0 Å². The Morgan fingerprint density at radius 2 is 2.17 bits per heavy atom. The summed E-state index contributed by atoms with van der Waals surface area (Å²) in [6, 6.07) is 5.33. The number of unbranched alkanes of at least 4 members (excludes halogenated alkanes) is 1. The molecule has 0 aliphatic rings. The van der Waals surface area contributed by atoms with Gasteiger partial charge in [-0.3, -0.25) is 4.98 Å². The Morgan fingerprint density at radius 3 is 3.00 bits per heavy atom. The normalized spacial score (nSPS) is 11.1. The molecule has 0 spiro atoms. The van der Waals surface area contributed by atoms with Gasteiger partial charge in [-0.25, -0.2) is 13.9 Å². The molecule has 0 aliphatic heterocycles. The third-order valence-electron chi connectivity index (χ3n) is 3.84. The summed E-state index contributed by atoms with van der Waals surface area (Å²) in [5.41, 5.74) is 2.67. The first-order valence-electron chi connectivity index (χ1n) is 7.82. The van der Waals surface area contributed by atoms with Gasteiger partial charge in [0, 0.05) is 31.5 Å². The molecule has 5 nitrogen and oxygen atoms in total. The number of rotatable bonds is 6. The van der Waals surface area contributed by atoms with E-state index >= 15 is 0 Å². The maximum absolute atomic E-state index is 13.6. The Labute approximate surface area is 134 Å². The molecular formula is C17H20FN5. The molecule has 0 unspecified atom stereocenters. The molecule has 3 aromatic heterocycles. The number of fused-ring (bicyclic) bond motifs is 1. The lowest BCUT2D eigenvalue weighted by Crippen LogP contribution is -2.19. The summed E-state index contributed by atoms with van der Waals surface area (Å²) in [6.45, 7) is 2.71. The molecule has 3 heterocycles. The molecule has 0 amide bonds. The lowest BCUT2D eigenvalue weighted by atomic mass is 10.1. The van der Waals surface area contributed by atoms with Crippen molar-refractivity contribution in [2.75, 3.05) is 11.9 Å². The number of aryl methyl sites for hydroxylation is 1. The molecule has 23 heavy (non-hydrogen) atoms. The Balaban J connectivity index is 1.83. The molecule has 0 atom stereocenters. The largest absolute Gasteiger partial charge is 0.355 e. The fraction of sp³-hybridized carbons (Fsp3) is 0.353. The van der Waals surface area contributed by atoms with E-state index in [0.29, 0.717) is 6.54 Å². The van der Waals surface area contributed by atoms with Gasteiger partial charge in [0.05, 0.1) is 12.4 Å². The Kier molecular flexibility index (Phi) is 4.50. The zero-order valence-electron chi connectivity index (χ0n) is 13.4. The van der Waals surface area contributed by atoms with Crippen LogP contribution < -0.4 is 4.90 Å². The topological polar surface area (TPSA) is 46.3 Å². The first kappa shape index (κ1) is 15.4. The molecule has 0 aliphatic carbocycles. The summed E-state index contributed by atoms with van der Waals surface area (Å²) in [4.78, 5) is 10.8. The van der Waals surface area contributed by atoms with Gasteiger partial charge < -0.3 is 4.90 Å². The van der Waals surface area contributed by atoms with E-state index in [0.717, 1.165) is 42.0 Å². The number of hydrogen-bond donors (Lipinski definition) is 0. The van der Waals surface area contributed by atoms with E-state index in [1.54, 1.807) is 16.8 Å². The highest BCUT2D eigenvalue weighted by molar-refractivity contribution is 5.47. The highest BCUT2D eigenvalue weighted by Gasteiger charge is 2.11. The molecular weight excluding hydrogens is 293 g/mol. The van der Waals surface area contributed by atoms with E-state index in [1.807, 2.05) is 30.3 Å². The molecule has 0 saturated heterocycles. The molecule has 0 bridgehead atoms. The van der Waals surface area contributed by atoms with Crippen molar-refractivity contribution in [3.8, 4) is 0 Å². The fourth-order valence-electron chi connectivity index (χ4n) is 2.57. The smallest absolute Gasteiger partial charge is 0.157 e. The lowest BCUT2D eigenvalue weighted by Gasteiger charge is -2.20. The van der Waals surface area contributed by atoms with Gasteiger partial charge in [0.15, 0.2) is 5.65 Å². The maximum Gasteiger partial charge on any atom is 0.157 e. The highest BCUT2D eigenvalue weighted by atomic mass is 19.1. The summed E-state index contributed by atoms with van der Waals surface area (Å²) in [6.07, 6.45) is 7.89. The summed E-state index contributed by atoms with van der Waals surface area (Å²) in [5.74, 6) is 0.525. The third-order valence-corrected chi connectivity index (χ3v) is 3.84. The maximum atomic E-state index is 13.6. The van der Waals surface area contributed by atoms with Crippen LogP contribution in [0, 0.1) is 5.82 Å². The fourth-order valence-corrected chi connectivity index (χ4v) is 2.57. The zero-order chi connectivity index (χ0) is 16.2. The summed E-state index contributed by atoms with van der Waals surface area (Å²) < 4.78 is 15.3. The van der Waals surface area contributed by atoms with Crippen LogP contribution in [0.5, 0.6) is 0 Å². The monoisotopic (exact) mass is 313 g/mol. The van der Waals surface area contributed by atoms with Gasteiger partial charge in [-0.2, -0.15) is 5.10 Å². The minimum Gasteiger partial charge on any atom is -0.355 e. The standard InChI is InChI=1S/C17H20FN5/c1-3-4-5-15-13(10-14(18)11-19-15)12-22(2)16-7-9-23-17(21-16)6-8-20-23/h6-11H,3-5,12H2,1-2H3. The first-order valence-corrected chi connectivity index (χ1v) is 7.82. The van der Waals surface area contributed by atoms with Crippen molar-refractivity contribution in [3.05, 3.63) is 53.9 Å². The SMILES string of the molecule is CCCCc1ncc(F)cc1CN(C)c1ccn2nccc2n1. The highest BCUT2D eigenvalue weighted by Crippen LogP contribution is 2.17. The van der Waals surface area contributed by atoms with Gasteiger partial charge in [0.2, 0.25) is 0 Å². The minimum atomic E-state index is -0.298. The van der Waals surface area contributed by atoms with E-state index < -0.39 is 0 Å². The van der Waals surface area contributed by atoms with E-state index in [4.69, 9.17) is 0 Å². The van der Waals surface area contributed by atoms with Crippen molar-refractivity contribution >= 4 is 11.5 Å². The molecule has 0 aromatic carbocycles. The van der Waals surface area contributed by atoms with Crippen LogP contribution in [0.25, 0.3) is 5.65 Å². The van der Waals surface area contributed by atoms with Gasteiger partial charge >= 0.3 is 0 Å². The molecule has 120 valence electrons. The van der Waals surface area contributed by atoms with Crippen molar-refractivity contribution in [2.45, 2.75) is 32.7 Å². The van der Waals surface area contributed by atoms with E-state index in [9.17, 15) is 4.39 Å². The van der Waals surface area contributed by atoms with Crippen molar-refractivity contribution in [3.63, 3.8) is 0 Å².